The number of nitrogens with zero attached hydrogens (tertiary/aromatic N) is 4. The lowest BCUT2D eigenvalue weighted by molar-refractivity contribution is 0.444. The number of anilines is 1. The zero-order chi connectivity index (χ0) is 16.6. The Morgan fingerprint density at radius 1 is 1.12 bits per heavy atom. The Balaban J connectivity index is 1.63. The molecule has 3 heterocycles. The van der Waals surface area contributed by atoms with E-state index in [2.05, 4.69) is 25.6 Å². The molecular weight excluding hydrogens is 334 g/mol. The molecule has 0 amide bonds. The molecule has 7 heteroatoms. The first kappa shape index (κ1) is 14.4. The molecule has 0 bridgehead atoms. The van der Waals surface area contributed by atoms with Gasteiger partial charge in [0.1, 0.15) is 12.1 Å². The number of thiophene rings is 1. The van der Waals surface area contributed by atoms with Crippen LogP contribution < -0.4 is 10.1 Å². The van der Waals surface area contributed by atoms with Gasteiger partial charge < -0.3 is 10.1 Å². The molecule has 1 aliphatic rings. The third kappa shape index (κ3) is 2.83. The van der Waals surface area contributed by atoms with Crippen LogP contribution in [0.25, 0.3) is 16.9 Å². The fraction of sp³-hybridized carbons (Fsp3) is 0.167. The fourth-order valence-electron chi connectivity index (χ4n) is 2.62. The molecule has 1 fully saturated rings. The maximum Gasteiger partial charge on any atom is 0.326 e. The van der Waals surface area contributed by atoms with Crippen LogP contribution in [0.2, 0.25) is 0 Å². The van der Waals surface area contributed by atoms with Crippen molar-refractivity contribution in [3.63, 3.8) is 0 Å². The molecule has 3 aromatic heterocycles. The molecular formula is C18H15N5OS. The molecule has 124 valence electrons. The number of imidazole rings is 1. The number of fused-ring (bicyclic) bond motifs is 1. The topological polar surface area (TPSA) is 64.9 Å². The predicted octanol–water partition coefficient (Wildman–Crippen LogP) is 4.24. The minimum Gasteiger partial charge on any atom is -0.424 e. The van der Waals surface area contributed by atoms with Gasteiger partial charge in [0.25, 0.3) is 0 Å². The molecule has 0 radical (unpaired) electrons. The van der Waals surface area contributed by atoms with Crippen molar-refractivity contribution in [2.24, 2.45) is 0 Å². The average Bonchev–Trinajstić information content (AvgIpc) is 3.10. The van der Waals surface area contributed by atoms with Gasteiger partial charge in [0.05, 0.1) is 5.69 Å². The van der Waals surface area contributed by atoms with Crippen molar-refractivity contribution in [1.82, 2.24) is 19.5 Å². The first-order valence-electron chi connectivity index (χ1n) is 8.14. The summed E-state index contributed by atoms with van der Waals surface area (Å²) in [6, 6.07) is 12.4. The highest BCUT2D eigenvalue weighted by Gasteiger charge is 2.24. The lowest BCUT2D eigenvalue weighted by Crippen LogP contribution is -2.06. The van der Waals surface area contributed by atoms with Crippen LogP contribution in [0.5, 0.6) is 11.8 Å². The zero-order valence-corrected chi connectivity index (χ0v) is 14.1. The first-order chi connectivity index (χ1) is 12.4. The number of rotatable bonds is 5. The third-order valence-electron chi connectivity index (χ3n) is 4.03. The largest absolute Gasteiger partial charge is 0.424 e. The molecule has 0 atom stereocenters. The summed E-state index contributed by atoms with van der Waals surface area (Å²) in [5.74, 6) is 1.44. The summed E-state index contributed by atoms with van der Waals surface area (Å²) in [5, 5.41) is 7.54. The van der Waals surface area contributed by atoms with Crippen LogP contribution in [0.15, 0.2) is 53.5 Å². The summed E-state index contributed by atoms with van der Waals surface area (Å²) in [6.07, 6.45) is 4.10. The number of hydrogen-bond donors (Lipinski definition) is 1. The van der Waals surface area contributed by atoms with Crippen molar-refractivity contribution in [2.45, 2.75) is 18.9 Å². The molecule has 25 heavy (non-hydrogen) atoms. The highest BCUT2D eigenvalue weighted by Crippen LogP contribution is 2.31. The van der Waals surface area contributed by atoms with Crippen LogP contribution in [0, 0.1) is 0 Å². The summed E-state index contributed by atoms with van der Waals surface area (Å²) in [7, 11) is 0. The van der Waals surface area contributed by atoms with E-state index >= 15 is 0 Å². The molecule has 1 aromatic carbocycles. The number of hydrogen-bond acceptors (Lipinski definition) is 6. The van der Waals surface area contributed by atoms with Crippen LogP contribution >= 0.6 is 11.3 Å². The van der Waals surface area contributed by atoms with Gasteiger partial charge in [0.2, 0.25) is 0 Å². The Kier molecular flexibility index (Phi) is 3.38. The van der Waals surface area contributed by atoms with Gasteiger partial charge in [0, 0.05) is 11.4 Å². The number of para-hydroxylation sites is 1. The second-order valence-electron chi connectivity index (χ2n) is 5.96. The smallest absolute Gasteiger partial charge is 0.326 e. The van der Waals surface area contributed by atoms with Crippen molar-refractivity contribution in [3.05, 3.63) is 53.5 Å². The molecule has 0 saturated heterocycles. The Labute approximate surface area is 148 Å². The molecule has 4 aromatic rings. The van der Waals surface area contributed by atoms with E-state index in [1.807, 2.05) is 46.3 Å². The Bertz CT molecular complexity index is 1010. The lowest BCUT2D eigenvalue weighted by Gasteiger charge is -2.09. The minimum absolute atomic E-state index is 0.318. The van der Waals surface area contributed by atoms with Crippen LogP contribution in [0.1, 0.15) is 12.8 Å². The van der Waals surface area contributed by atoms with E-state index < -0.39 is 0 Å². The Hall–Kier alpha value is -2.93. The van der Waals surface area contributed by atoms with E-state index in [1.54, 1.807) is 17.7 Å². The minimum atomic E-state index is 0.318. The summed E-state index contributed by atoms with van der Waals surface area (Å²) in [4.78, 5) is 13.7. The van der Waals surface area contributed by atoms with Gasteiger partial charge in [-0.3, -0.25) is 4.57 Å². The van der Waals surface area contributed by atoms with E-state index in [9.17, 15) is 0 Å². The number of nitrogens with one attached hydrogen (secondary N) is 1. The fourth-order valence-corrected chi connectivity index (χ4v) is 3.25. The van der Waals surface area contributed by atoms with Crippen LogP contribution in [-0.2, 0) is 0 Å². The highest BCUT2D eigenvalue weighted by atomic mass is 32.1. The van der Waals surface area contributed by atoms with Crippen molar-refractivity contribution in [1.29, 1.82) is 0 Å². The first-order valence-corrected chi connectivity index (χ1v) is 9.08. The van der Waals surface area contributed by atoms with Crippen LogP contribution in [0.3, 0.4) is 0 Å². The van der Waals surface area contributed by atoms with Gasteiger partial charge in [-0.1, -0.05) is 18.2 Å². The molecule has 1 aliphatic carbocycles. The van der Waals surface area contributed by atoms with Gasteiger partial charge in [-0.2, -0.15) is 21.3 Å². The molecule has 5 rings (SSSR count). The van der Waals surface area contributed by atoms with Gasteiger partial charge in [-0.15, -0.1) is 0 Å². The third-order valence-corrected chi connectivity index (χ3v) is 4.70. The molecule has 0 spiro atoms. The standard InChI is InChI=1S/C18H15N5OS/c1-2-4-14(5-3-1)24-18-21-16(20-12-6-7-12)15-17(22-18)23(11-19-15)13-8-9-25-10-13/h1-5,8-12H,6-7H2,(H,20,21,22). The highest BCUT2D eigenvalue weighted by molar-refractivity contribution is 7.08. The normalized spacial score (nSPS) is 13.9. The van der Waals surface area contributed by atoms with Gasteiger partial charge in [-0.25, -0.2) is 4.98 Å². The second kappa shape index (κ2) is 5.86. The van der Waals surface area contributed by atoms with E-state index in [0.717, 1.165) is 35.5 Å². The van der Waals surface area contributed by atoms with Crippen molar-refractivity contribution < 1.29 is 4.74 Å². The quantitative estimate of drug-likeness (QED) is 0.584. The van der Waals surface area contributed by atoms with E-state index in [1.165, 1.54) is 0 Å². The molecule has 1 saturated carbocycles. The van der Waals surface area contributed by atoms with Gasteiger partial charge in [0.15, 0.2) is 17.0 Å². The van der Waals surface area contributed by atoms with Crippen LogP contribution in [-0.4, -0.2) is 25.6 Å². The van der Waals surface area contributed by atoms with E-state index in [0.29, 0.717) is 17.8 Å². The second-order valence-corrected chi connectivity index (χ2v) is 6.74. The Morgan fingerprint density at radius 3 is 2.76 bits per heavy atom. The van der Waals surface area contributed by atoms with E-state index in [4.69, 9.17) is 4.74 Å². The van der Waals surface area contributed by atoms with Crippen molar-refractivity contribution in [2.75, 3.05) is 5.32 Å². The molecule has 0 aliphatic heterocycles. The van der Waals surface area contributed by atoms with Gasteiger partial charge >= 0.3 is 6.01 Å². The maximum absolute atomic E-state index is 5.87. The lowest BCUT2D eigenvalue weighted by atomic mass is 10.3. The number of aromatic nitrogens is 4. The van der Waals surface area contributed by atoms with Gasteiger partial charge in [-0.05, 0) is 36.4 Å². The van der Waals surface area contributed by atoms with Crippen molar-refractivity contribution in [3.8, 4) is 17.4 Å². The summed E-state index contributed by atoms with van der Waals surface area (Å²) in [5.41, 5.74) is 2.54. The number of benzene rings is 1. The SMILES string of the molecule is c1ccc(Oc2nc(NC3CC3)c3ncn(-c4ccsc4)c3n2)cc1. The summed E-state index contributed by atoms with van der Waals surface area (Å²) < 4.78 is 7.83. The molecule has 1 N–H and O–H groups in total. The Morgan fingerprint density at radius 2 is 2.00 bits per heavy atom. The number of ether oxygens (including phenoxy) is 1. The van der Waals surface area contributed by atoms with Crippen molar-refractivity contribution >= 4 is 28.3 Å². The monoisotopic (exact) mass is 349 g/mol. The summed E-state index contributed by atoms with van der Waals surface area (Å²) in [6.45, 7) is 0. The summed E-state index contributed by atoms with van der Waals surface area (Å²) >= 11 is 1.64. The zero-order valence-electron chi connectivity index (χ0n) is 13.3. The van der Waals surface area contributed by atoms with E-state index in [-0.39, 0.29) is 0 Å². The predicted molar refractivity (Wildman–Crippen MR) is 97.7 cm³/mol. The molecule has 6 nitrogen and oxygen atoms in total. The molecule has 0 unspecified atom stereocenters. The average molecular weight is 349 g/mol. The van der Waals surface area contributed by atoms with Crippen LogP contribution in [0.4, 0.5) is 5.82 Å². The maximum atomic E-state index is 5.87.